The van der Waals surface area contributed by atoms with Crippen LogP contribution >= 0.6 is 0 Å². The van der Waals surface area contributed by atoms with Gasteiger partial charge in [-0.05, 0) is 18.2 Å². The zero-order chi connectivity index (χ0) is 15.9. The summed E-state index contributed by atoms with van der Waals surface area (Å²) in [6.07, 6.45) is 1.31. The van der Waals surface area contributed by atoms with Gasteiger partial charge in [-0.25, -0.2) is 12.8 Å². The molecule has 0 aliphatic heterocycles. The first-order chi connectivity index (χ1) is 9.83. The summed E-state index contributed by atoms with van der Waals surface area (Å²) < 4.78 is 35.2. The van der Waals surface area contributed by atoms with Crippen molar-refractivity contribution in [1.29, 1.82) is 0 Å². The molecule has 1 aromatic carbocycles. The van der Waals surface area contributed by atoms with Gasteiger partial charge in [0.05, 0.1) is 17.9 Å². The van der Waals surface area contributed by atoms with E-state index < -0.39 is 21.6 Å². The lowest BCUT2D eigenvalue weighted by molar-refractivity contribution is 0.0955. The third-order valence-electron chi connectivity index (χ3n) is 2.44. The molecule has 0 spiro atoms. The number of aliphatic hydroxyl groups is 1. The minimum atomic E-state index is -3.18. The predicted octanol–water partition coefficient (Wildman–Crippen LogP) is 0.334. The van der Waals surface area contributed by atoms with E-state index in [1.54, 1.807) is 0 Å². The van der Waals surface area contributed by atoms with Gasteiger partial charge in [-0.1, -0.05) is 11.8 Å². The minimum absolute atomic E-state index is 0.0361. The van der Waals surface area contributed by atoms with Crippen molar-refractivity contribution in [3.63, 3.8) is 0 Å². The molecule has 0 fully saturated rings. The zero-order valence-corrected chi connectivity index (χ0v) is 12.3. The molecule has 2 N–H and O–H groups in total. The molecule has 0 aliphatic carbocycles. The van der Waals surface area contributed by atoms with Crippen LogP contribution in [0.2, 0.25) is 0 Å². The number of carbonyl (C=O) groups excluding carboxylic acids is 1. The van der Waals surface area contributed by atoms with Crippen molar-refractivity contribution in [3.8, 4) is 11.8 Å². The van der Waals surface area contributed by atoms with E-state index in [9.17, 15) is 17.6 Å². The van der Waals surface area contributed by atoms with Crippen LogP contribution < -0.4 is 5.32 Å². The van der Waals surface area contributed by atoms with Crippen molar-refractivity contribution in [2.75, 3.05) is 25.2 Å². The van der Waals surface area contributed by atoms with E-state index in [4.69, 9.17) is 5.11 Å². The van der Waals surface area contributed by atoms with Gasteiger partial charge in [0.2, 0.25) is 0 Å². The third-order valence-corrected chi connectivity index (χ3v) is 3.39. The Bertz CT molecular complexity index is 674. The van der Waals surface area contributed by atoms with Crippen LogP contribution in [0.3, 0.4) is 0 Å². The summed E-state index contributed by atoms with van der Waals surface area (Å²) >= 11 is 0. The number of hydrogen-bond acceptors (Lipinski definition) is 4. The van der Waals surface area contributed by atoms with Crippen molar-refractivity contribution in [1.82, 2.24) is 5.32 Å². The number of halogens is 1. The number of amides is 1. The Balaban J connectivity index is 2.87. The van der Waals surface area contributed by atoms with Crippen molar-refractivity contribution < 1.29 is 22.7 Å². The van der Waals surface area contributed by atoms with E-state index in [1.807, 2.05) is 0 Å². The highest BCUT2D eigenvalue weighted by molar-refractivity contribution is 7.90. The summed E-state index contributed by atoms with van der Waals surface area (Å²) in [6, 6.07) is 3.58. The molecule has 1 amide bonds. The SMILES string of the molecule is CS(=O)(=O)CCNC(=O)c1cc(F)ccc1C#CCCO. The second-order valence-electron chi connectivity index (χ2n) is 4.35. The highest BCUT2D eigenvalue weighted by Crippen LogP contribution is 2.10. The number of benzene rings is 1. The predicted molar refractivity (Wildman–Crippen MR) is 77.0 cm³/mol. The van der Waals surface area contributed by atoms with Crippen LogP contribution in [-0.2, 0) is 9.84 Å². The first kappa shape index (κ1) is 17.1. The van der Waals surface area contributed by atoms with Gasteiger partial charge in [0.1, 0.15) is 15.7 Å². The Kier molecular flexibility index (Phi) is 6.34. The molecule has 0 atom stereocenters. The fourth-order valence-electron chi connectivity index (χ4n) is 1.47. The molecule has 0 aliphatic rings. The summed E-state index contributed by atoms with van der Waals surface area (Å²) in [4.78, 5) is 11.9. The number of nitrogens with one attached hydrogen (secondary N) is 1. The molecule has 0 aromatic heterocycles. The van der Waals surface area contributed by atoms with E-state index >= 15 is 0 Å². The number of hydrogen-bond donors (Lipinski definition) is 2. The van der Waals surface area contributed by atoms with Crippen molar-refractivity contribution in [2.45, 2.75) is 6.42 Å². The van der Waals surface area contributed by atoms with Crippen LogP contribution in [-0.4, -0.2) is 44.6 Å². The van der Waals surface area contributed by atoms with Gasteiger partial charge in [0, 0.05) is 24.8 Å². The number of sulfone groups is 1. The second-order valence-corrected chi connectivity index (χ2v) is 6.61. The van der Waals surface area contributed by atoms with E-state index in [0.717, 1.165) is 12.3 Å². The van der Waals surface area contributed by atoms with Gasteiger partial charge in [-0.15, -0.1) is 0 Å². The van der Waals surface area contributed by atoms with E-state index in [1.165, 1.54) is 12.1 Å². The van der Waals surface area contributed by atoms with Crippen LogP contribution in [0.1, 0.15) is 22.3 Å². The summed E-state index contributed by atoms with van der Waals surface area (Å²) in [7, 11) is -3.18. The van der Waals surface area contributed by atoms with Crippen LogP contribution in [0.25, 0.3) is 0 Å². The van der Waals surface area contributed by atoms with Gasteiger partial charge in [0.25, 0.3) is 5.91 Å². The fraction of sp³-hybridized carbons (Fsp3) is 0.357. The zero-order valence-electron chi connectivity index (χ0n) is 11.5. The van der Waals surface area contributed by atoms with Gasteiger partial charge < -0.3 is 10.4 Å². The van der Waals surface area contributed by atoms with Gasteiger partial charge in [0.15, 0.2) is 0 Å². The fourth-order valence-corrected chi connectivity index (χ4v) is 1.94. The summed E-state index contributed by atoms with van der Waals surface area (Å²) in [5, 5.41) is 11.1. The van der Waals surface area contributed by atoms with E-state index in [0.29, 0.717) is 5.56 Å². The molecule has 0 saturated heterocycles. The van der Waals surface area contributed by atoms with Crippen molar-refractivity contribution in [3.05, 3.63) is 35.1 Å². The molecule has 1 rings (SSSR count). The summed E-state index contributed by atoms with van der Waals surface area (Å²) in [5.41, 5.74) is 0.357. The summed E-state index contributed by atoms with van der Waals surface area (Å²) in [6.45, 7) is -0.165. The average Bonchev–Trinajstić information content (AvgIpc) is 2.39. The lowest BCUT2D eigenvalue weighted by Crippen LogP contribution is -2.29. The maximum Gasteiger partial charge on any atom is 0.252 e. The van der Waals surface area contributed by atoms with Crippen molar-refractivity contribution >= 4 is 15.7 Å². The second kappa shape index (κ2) is 7.76. The Morgan fingerprint density at radius 1 is 1.43 bits per heavy atom. The van der Waals surface area contributed by atoms with Gasteiger partial charge >= 0.3 is 0 Å². The smallest absolute Gasteiger partial charge is 0.252 e. The van der Waals surface area contributed by atoms with Crippen molar-refractivity contribution in [2.24, 2.45) is 0 Å². The molecule has 0 heterocycles. The Morgan fingerprint density at radius 2 is 2.14 bits per heavy atom. The molecule has 0 bridgehead atoms. The molecule has 114 valence electrons. The molecular weight excluding hydrogens is 297 g/mol. The first-order valence-electron chi connectivity index (χ1n) is 6.18. The highest BCUT2D eigenvalue weighted by atomic mass is 32.2. The first-order valence-corrected chi connectivity index (χ1v) is 8.25. The topological polar surface area (TPSA) is 83.5 Å². The van der Waals surface area contributed by atoms with E-state index in [-0.39, 0.29) is 30.9 Å². The molecule has 21 heavy (non-hydrogen) atoms. The lowest BCUT2D eigenvalue weighted by Gasteiger charge is -2.06. The molecular formula is C14H16FNO4S. The lowest BCUT2D eigenvalue weighted by atomic mass is 10.1. The molecule has 7 heteroatoms. The van der Waals surface area contributed by atoms with Crippen LogP contribution in [0, 0.1) is 17.7 Å². The Morgan fingerprint density at radius 3 is 2.76 bits per heavy atom. The molecule has 5 nitrogen and oxygen atoms in total. The molecule has 0 unspecified atom stereocenters. The highest BCUT2D eigenvalue weighted by Gasteiger charge is 2.12. The van der Waals surface area contributed by atoms with Gasteiger partial charge in [-0.2, -0.15) is 0 Å². The van der Waals surface area contributed by atoms with Gasteiger partial charge in [-0.3, -0.25) is 4.79 Å². The maximum atomic E-state index is 13.2. The normalized spacial score (nSPS) is 10.6. The average molecular weight is 313 g/mol. The van der Waals surface area contributed by atoms with Crippen LogP contribution in [0.5, 0.6) is 0 Å². The standard InChI is InChI=1S/C14H16FNO4S/c1-21(19,20)9-7-16-14(18)13-10-12(15)6-5-11(13)4-2-3-8-17/h5-6,10,17H,3,7-9H2,1H3,(H,16,18). The molecule has 0 radical (unpaired) electrons. The number of aliphatic hydroxyl groups excluding tert-OH is 1. The maximum absolute atomic E-state index is 13.2. The number of carbonyl (C=O) groups is 1. The monoisotopic (exact) mass is 313 g/mol. The Hall–Kier alpha value is -1.91. The van der Waals surface area contributed by atoms with Crippen LogP contribution in [0.4, 0.5) is 4.39 Å². The Labute approximate surface area is 123 Å². The number of rotatable bonds is 5. The molecule has 0 saturated carbocycles. The van der Waals surface area contributed by atoms with E-state index in [2.05, 4.69) is 17.2 Å². The summed E-state index contributed by atoms with van der Waals surface area (Å²) in [5.74, 6) is 3.95. The minimum Gasteiger partial charge on any atom is -0.395 e. The molecule has 1 aromatic rings. The van der Waals surface area contributed by atoms with Crippen LogP contribution in [0.15, 0.2) is 18.2 Å². The quantitative estimate of drug-likeness (QED) is 0.768. The largest absolute Gasteiger partial charge is 0.395 e. The third kappa shape index (κ3) is 6.38.